The molecule has 0 bridgehead atoms. The maximum atomic E-state index is 5.33. The predicted molar refractivity (Wildman–Crippen MR) is 248 cm³/mol. The maximum absolute atomic E-state index is 5.33. The number of hydrogen-bond donors (Lipinski definition) is 0. The van der Waals surface area contributed by atoms with Gasteiger partial charge in [-0.05, 0) is 85.4 Å². The smallest absolute Gasteiger partial charge is 0.0795 e. The zero-order valence-electron chi connectivity index (χ0n) is 34.5. The van der Waals surface area contributed by atoms with Crippen molar-refractivity contribution in [3.63, 3.8) is 0 Å². The van der Waals surface area contributed by atoms with Crippen LogP contribution in [0.3, 0.4) is 0 Å². The molecule has 3 heterocycles. The van der Waals surface area contributed by atoms with Crippen molar-refractivity contribution in [1.82, 2.24) is 14.5 Å². The molecule has 0 spiro atoms. The van der Waals surface area contributed by atoms with Gasteiger partial charge in [-0.3, -0.25) is 4.98 Å². The van der Waals surface area contributed by atoms with E-state index in [0.29, 0.717) is 11.8 Å². The maximum Gasteiger partial charge on any atom is 0.0795 e. The van der Waals surface area contributed by atoms with Crippen LogP contribution in [0.5, 0.6) is 0 Å². The van der Waals surface area contributed by atoms with Crippen LogP contribution in [0.4, 0.5) is 0 Å². The molecule has 58 heavy (non-hydrogen) atoms. The van der Waals surface area contributed by atoms with Gasteiger partial charge in [-0.2, -0.15) is 11.3 Å². The quantitative estimate of drug-likeness (QED) is 0.118. The van der Waals surface area contributed by atoms with Gasteiger partial charge in [-0.1, -0.05) is 138 Å². The molecule has 0 saturated carbocycles. The SMILES string of the molecule is C[Si](C)(C)c1ccc(-c2[c-]cccc2)nc1.Cc1c[c-]c(-c2nc3ccccc3n2-c2c(C(C)C)cc(-c3ccccc3)cc2C(C)C)c2sc3ccccc3c12.[Ir]. The van der Waals surface area contributed by atoms with Crippen LogP contribution in [0.25, 0.3) is 70.7 Å². The summed E-state index contributed by atoms with van der Waals surface area (Å²) < 4.78 is 4.98. The Balaban J connectivity index is 0.000000254. The minimum atomic E-state index is -1.23. The molecule has 3 aromatic heterocycles. The molecule has 6 aromatic carbocycles. The fourth-order valence-corrected chi connectivity index (χ4v) is 9.99. The largest absolute Gasteiger partial charge is 0.333 e. The molecular formula is C52H49IrN3SSi-2. The first-order valence-electron chi connectivity index (χ1n) is 20.0. The molecule has 0 fully saturated rings. The number of thiophene rings is 1. The summed E-state index contributed by atoms with van der Waals surface area (Å²) in [5.74, 6) is 1.61. The molecule has 293 valence electrons. The van der Waals surface area contributed by atoms with E-state index in [1.54, 1.807) is 0 Å². The molecule has 0 saturated heterocycles. The van der Waals surface area contributed by atoms with E-state index in [1.165, 1.54) is 58.9 Å². The molecule has 0 N–H and O–H groups in total. The monoisotopic (exact) mass is 968 g/mol. The Kier molecular flexibility index (Phi) is 12.1. The van der Waals surface area contributed by atoms with Gasteiger partial charge < -0.3 is 9.55 Å². The fraction of sp³-hybridized carbons (Fsp3) is 0.192. The van der Waals surface area contributed by atoms with E-state index in [2.05, 4.69) is 185 Å². The number of nitrogens with zero attached hydrogens (tertiary/aromatic N) is 3. The molecule has 0 atom stereocenters. The Morgan fingerprint density at radius 1 is 0.707 bits per heavy atom. The van der Waals surface area contributed by atoms with Crippen LogP contribution in [0.1, 0.15) is 56.2 Å². The molecule has 9 rings (SSSR count). The molecule has 9 aromatic rings. The van der Waals surface area contributed by atoms with Gasteiger partial charge in [0.15, 0.2) is 0 Å². The molecule has 0 amide bonds. The molecule has 3 nitrogen and oxygen atoms in total. The summed E-state index contributed by atoms with van der Waals surface area (Å²) in [6.45, 7) is 18.4. The Hall–Kier alpha value is -4.97. The normalized spacial score (nSPS) is 11.6. The Labute approximate surface area is 362 Å². The van der Waals surface area contributed by atoms with Crippen molar-refractivity contribution in [1.29, 1.82) is 0 Å². The number of benzene rings is 6. The van der Waals surface area contributed by atoms with Gasteiger partial charge in [-0.25, -0.2) is 0 Å². The first-order chi connectivity index (χ1) is 27.5. The fourth-order valence-electron chi connectivity index (χ4n) is 7.68. The third-order valence-electron chi connectivity index (χ3n) is 10.8. The summed E-state index contributed by atoms with van der Waals surface area (Å²) >= 11 is 1.85. The van der Waals surface area contributed by atoms with Crippen LogP contribution >= 0.6 is 11.3 Å². The Morgan fingerprint density at radius 2 is 1.38 bits per heavy atom. The number of imidazole rings is 1. The minimum Gasteiger partial charge on any atom is -0.333 e. The van der Waals surface area contributed by atoms with E-state index in [0.717, 1.165) is 33.7 Å². The van der Waals surface area contributed by atoms with Crippen LogP contribution in [0.2, 0.25) is 19.6 Å². The topological polar surface area (TPSA) is 30.7 Å². The predicted octanol–water partition coefficient (Wildman–Crippen LogP) is 14.2. The van der Waals surface area contributed by atoms with Crippen LogP contribution in [0.15, 0.2) is 140 Å². The summed E-state index contributed by atoms with van der Waals surface area (Å²) in [5, 5.41) is 4.01. The summed E-state index contributed by atoms with van der Waals surface area (Å²) in [5.41, 5.74) is 12.9. The number of hydrogen-bond acceptors (Lipinski definition) is 3. The van der Waals surface area contributed by atoms with E-state index in [9.17, 15) is 0 Å². The number of fused-ring (bicyclic) bond motifs is 4. The minimum absolute atomic E-state index is 0. The average molecular weight is 968 g/mol. The van der Waals surface area contributed by atoms with E-state index >= 15 is 0 Å². The van der Waals surface area contributed by atoms with Crippen LogP contribution in [-0.2, 0) is 20.1 Å². The van der Waals surface area contributed by atoms with E-state index in [1.807, 2.05) is 41.8 Å². The van der Waals surface area contributed by atoms with Gasteiger partial charge in [0.05, 0.1) is 24.9 Å². The standard InChI is InChI=1S/C38H33N2S.C14H16NSi.Ir/c1-23(2)30-21-27(26-13-7-6-8-14-26)22-31(24(3)4)36(30)40-33-17-11-10-16-32(33)39-38(40)29-20-19-25(5)35-28-15-9-12-18-34(28)41-37(29)35;1-16(2,3)13-9-10-14(15-11-13)12-7-5-4-6-8-12;/h6-19,21-24H,1-5H3;4-7,9-11H,1-3H3;/q2*-1;. The number of pyridine rings is 1. The van der Waals surface area contributed by atoms with Gasteiger partial charge in [-0.15, -0.1) is 53.6 Å². The van der Waals surface area contributed by atoms with Crippen LogP contribution in [-0.4, -0.2) is 22.6 Å². The first kappa shape index (κ1) is 41.2. The Morgan fingerprint density at radius 3 is 2.03 bits per heavy atom. The van der Waals surface area contributed by atoms with E-state index in [-0.39, 0.29) is 20.1 Å². The van der Waals surface area contributed by atoms with Crippen molar-refractivity contribution < 1.29 is 20.1 Å². The molecule has 1 radical (unpaired) electrons. The van der Waals surface area contributed by atoms with Gasteiger partial charge in [0, 0.05) is 36.7 Å². The van der Waals surface area contributed by atoms with Gasteiger partial charge >= 0.3 is 0 Å². The molecular weight excluding hydrogens is 919 g/mol. The van der Waals surface area contributed by atoms with Crippen molar-refractivity contribution in [3.05, 3.63) is 168 Å². The molecule has 0 unspecified atom stereocenters. The third kappa shape index (κ3) is 8.04. The average Bonchev–Trinajstić information content (AvgIpc) is 3.81. The molecule has 6 heteroatoms. The van der Waals surface area contributed by atoms with Gasteiger partial charge in [0.25, 0.3) is 0 Å². The second-order valence-electron chi connectivity index (χ2n) is 16.5. The molecule has 0 aliphatic carbocycles. The number of aryl methyl sites for hydroxylation is 1. The summed E-state index contributed by atoms with van der Waals surface area (Å²) in [4.78, 5) is 9.85. The molecule has 0 aliphatic rings. The second-order valence-corrected chi connectivity index (χ2v) is 22.7. The van der Waals surface area contributed by atoms with Crippen LogP contribution < -0.4 is 5.19 Å². The number of rotatable bonds is 7. The zero-order valence-corrected chi connectivity index (χ0v) is 38.7. The number of aromatic nitrogens is 3. The van der Waals surface area contributed by atoms with Crippen LogP contribution in [0, 0.1) is 19.1 Å². The van der Waals surface area contributed by atoms with E-state index in [4.69, 9.17) is 4.98 Å². The molecule has 0 aliphatic heterocycles. The second kappa shape index (κ2) is 17.1. The first-order valence-corrected chi connectivity index (χ1v) is 24.3. The number of para-hydroxylation sites is 2. The van der Waals surface area contributed by atoms with Crippen molar-refractivity contribution in [2.75, 3.05) is 0 Å². The van der Waals surface area contributed by atoms with E-state index < -0.39 is 8.07 Å². The summed E-state index contributed by atoms with van der Waals surface area (Å²) in [6, 6.07) is 54.1. The third-order valence-corrected chi connectivity index (χ3v) is 14.0. The summed E-state index contributed by atoms with van der Waals surface area (Å²) in [7, 11) is -1.23. The van der Waals surface area contributed by atoms with Crippen molar-refractivity contribution in [2.24, 2.45) is 0 Å². The summed E-state index contributed by atoms with van der Waals surface area (Å²) in [6.07, 6.45) is 2.02. The zero-order chi connectivity index (χ0) is 39.8. The van der Waals surface area contributed by atoms with Crippen molar-refractivity contribution >= 4 is 55.8 Å². The van der Waals surface area contributed by atoms with Crippen molar-refractivity contribution in [2.45, 2.75) is 66.1 Å². The van der Waals surface area contributed by atoms with Gasteiger partial charge in [0.2, 0.25) is 0 Å². The van der Waals surface area contributed by atoms with Crippen molar-refractivity contribution in [3.8, 4) is 39.5 Å². The Bertz CT molecular complexity index is 2800. The van der Waals surface area contributed by atoms with Gasteiger partial charge in [0.1, 0.15) is 0 Å².